The minimum atomic E-state index is -0.262. The summed E-state index contributed by atoms with van der Waals surface area (Å²) in [5.74, 6) is 1.28. The number of H-pyrrole nitrogens is 1. The van der Waals surface area contributed by atoms with Crippen LogP contribution in [0.25, 0.3) is 5.78 Å². The minimum absolute atomic E-state index is 0.0834. The van der Waals surface area contributed by atoms with E-state index < -0.39 is 0 Å². The van der Waals surface area contributed by atoms with Crippen molar-refractivity contribution in [1.82, 2.24) is 19.6 Å². The number of carbonyl (C=O) groups excluding carboxylic acids is 1. The predicted octanol–water partition coefficient (Wildman–Crippen LogP) is 2.32. The van der Waals surface area contributed by atoms with E-state index in [0.29, 0.717) is 22.9 Å². The van der Waals surface area contributed by atoms with Gasteiger partial charge in [-0.25, -0.2) is 9.97 Å². The van der Waals surface area contributed by atoms with Crippen molar-refractivity contribution in [2.75, 3.05) is 11.9 Å². The molecule has 0 fully saturated rings. The molecule has 4 aromatic rings. The van der Waals surface area contributed by atoms with Gasteiger partial charge in [0, 0.05) is 11.8 Å². The highest BCUT2D eigenvalue weighted by atomic mass is 16.5. The molecule has 0 aliphatic heterocycles. The molecule has 0 saturated heterocycles. The number of nitrogens with one attached hydrogen (secondary N) is 2. The van der Waals surface area contributed by atoms with Crippen LogP contribution in [0.2, 0.25) is 0 Å². The molecule has 30 heavy (non-hydrogen) atoms. The monoisotopic (exact) mass is 405 g/mol. The molecule has 0 saturated carbocycles. The third-order valence-corrected chi connectivity index (χ3v) is 4.30. The van der Waals surface area contributed by atoms with Gasteiger partial charge in [0.15, 0.2) is 6.61 Å². The number of rotatable bonds is 7. The smallest absolute Gasteiger partial charge is 0.274 e. The molecule has 0 aliphatic rings. The number of hydrogen-bond acceptors (Lipinski definition) is 6. The van der Waals surface area contributed by atoms with E-state index in [2.05, 4.69) is 20.4 Å². The Labute approximate surface area is 171 Å². The molecule has 2 N–H and O–H groups in total. The molecule has 2 heterocycles. The van der Waals surface area contributed by atoms with Crippen molar-refractivity contribution >= 4 is 17.4 Å². The second-order valence-corrected chi connectivity index (χ2v) is 6.52. The number of anilines is 1. The molecule has 0 bridgehead atoms. The van der Waals surface area contributed by atoms with Gasteiger partial charge in [0.1, 0.15) is 24.4 Å². The largest absolute Gasteiger partial charge is 0.487 e. The zero-order chi connectivity index (χ0) is 20.9. The van der Waals surface area contributed by atoms with Gasteiger partial charge in [0.2, 0.25) is 0 Å². The van der Waals surface area contributed by atoms with E-state index in [1.54, 1.807) is 24.3 Å². The summed E-state index contributed by atoms with van der Waals surface area (Å²) >= 11 is 0. The van der Waals surface area contributed by atoms with Crippen LogP contribution in [0.1, 0.15) is 11.3 Å². The molecular weight excluding hydrogens is 386 g/mol. The summed E-state index contributed by atoms with van der Waals surface area (Å²) in [6.45, 7) is 1.96. The summed E-state index contributed by atoms with van der Waals surface area (Å²) < 4.78 is 12.4. The van der Waals surface area contributed by atoms with Crippen LogP contribution in [0.4, 0.5) is 5.69 Å². The number of aryl methyl sites for hydroxylation is 1. The van der Waals surface area contributed by atoms with Crippen molar-refractivity contribution in [3.8, 4) is 11.5 Å². The number of carbonyl (C=O) groups is 1. The summed E-state index contributed by atoms with van der Waals surface area (Å²) in [6, 6.07) is 15.8. The zero-order valence-electron chi connectivity index (χ0n) is 16.2. The van der Waals surface area contributed by atoms with Gasteiger partial charge in [-0.2, -0.15) is 4.52 Å². The summed E-state index contributed by atoms with van der Waals surface area (Å²) in [4.78, 5) is 32.2. The van der Waals surface area contributed by atoms with Gasteiger partial charge in [-0.3, -0.25) is 14.7 Å². The Morgan fingerprint density at radius 2 is 1.93 bits per heavy atom. The van der Waals surface area contributed by atoms with Crippen molar-refractivity contribution in [3.63, 3.8) is 0 Å². The Morgan fingerprint density at radius 3 is 2.73 bits per heavy atom. The zero-order valence-corrected chi connectivity index (χ0v) is 16.2. The van der Waals surface area contributed by atoms with Crippen molar-refractivity contribution in [2.24, 2.45) is 0 Å². The number of aromatic amines is 1. The van der Waals surface area contributed by atoms with Gasteiger partial charge in [-0.05, 0) is 42.8 Å². The Bertz CT molecular complexity index is 1230. The van der Waals surface area contributed by atoms with Crippen LogP contribution in [0.3, 0.4) is 0 Å². The number of hydrogen-bond donors (Lipinski definition) is 2. The average molecular weight is 405 g/mol. The Hall–Kier alpha value is -4.14. The first-order valence-electron chi connectivity index (χ1n) is 9.22. The molecule has 0 radical (unpaired) electrons. The quantitative estimate of drug-likeness (QED) is 0.488. The van der Waals surface area contributed by atoms with Crippen LogP contribution in [-0.2, 0) is 11.4 Å². The molecule has 0 unspecified atom stereocenters. The number of benzene rings is 2. The number of nitrogens with zero attached hydrogens (tertiary/aromatic N) is 3. The average Bonchev–Trinajstić information content (AvgIpc) is 3.22. The first-order valence-corrected chi connectivity index (χ1v) is 9.22. The summed E-state index contributed by atoms with van der Waals surface area (Å²) in [6.07, 6.45) is 1.40. The third-order valence-electron chi connectivity index (χ3n) is 4.30. The van der Waals surface area contributed by atoms with Gasteiger partial charge >= 0.3 is 0 Å². The minimum Gasteiger partial charge on any atom is -0.487 e. The first kappa shape index (κ1) is 19.2. The molecule has 0 atom stereocenters. The Balaban J connectivity index is 1.30. The lowest BCUT2D eigenvalue weighted by atomic mass is 10.2. The molecule has 0 spiro atoms. The fourth-order valence-electron chi connectivity index (χ4n) is 2.79. The summed E-state index contributed by atoms with van der Waals surface area (Å²) in [5, 5.41) is 5.45. The van der Waals surface area contributed by atoms with E-state index in [1.165, 1.54) is 16.9 Å². The van der Waals surface area contributed by atoms with Crippen LogP contribution in [0, 0.1) is 6.92 Å². The Morgan fingerprint density at radius 1 is 1.13 bits per heavy atom. The molecule has 0 aliphatic carbocycles. The van der Waals surface area contributed by atoms with Gasteiger partial charge in [-0.15, -0.1) is 0 Å². The predicted molar refractivity (Wildman–Crippen MR) is 110 cm³/mol. The topological polar surface area (TPSA) is 111 Å². The van der Waals surface area contributed by atoms with E-state index in [0.717, 1.165) is 5.56 Å². The van der Waals surface area contributed by atoms with Crippen LogP contribution < -0.4 is 20.3 Å². The highest BCUT2D eigenvalue weighted by Crippen LogP contribution is 2.18. The van der Waals surface area contributed by atoms with Crippen LogP contribution in [0.15, 0.2) is 65.7 Å². The maximum Gasteiger partial charge on any atom is 0.274 e. The van der Waals surface area contributed by atoms with Gasteiger partial charge in [0.05, 0.1) is 5.69 Å². The molecule has 152 valence electrons. The van der Waals surface area contributed by atoms with E-state index in [-0.39, 0.29) is 30.5 Å². The van der Waals surface area contributed by atoms with Crippen molar-refractivity contribution < 1.29 is 14.3 Å². The van der Waals surface area contributed by atoms with E-state index >= 15 is 0 Å². The highest BCUT2D eigenvalue weighted by molar-refractivity contribution is 5.91. The first-order chi connectivity index (χ1) is 14.6. The molecule has 9 heteroatoms. The molecule has 9 nitrogen and oxygen atoms in total. The molecular formula is C21H19N5O4. The van der Waals surface area contributed by atoms with Gasteiger partial charge in [0.25, 0.3) is 17.2 Å². The molecule has 1 amide bonds. The van der Waals surface area contributed by atoms with E-state index in [4.69, 9.17) is 9.47 Å². The maximum absolute atomic E-state index is 12.1. The van der Waals surface area contributed by atoms with Crippen molar-refractivity contribution in [1.29, 1.82) is 0 Å². The fraction of sp³-hybridized carbons (Fsp3) is 0.143. The van der Waals surface area contributed by atoms with E-state index in [9.17, 15) is 9.59 Å². The van der Waals surface area contributed by atoms with E-state index in [1.807, 2.05) is 31.2 Å². The molecule has 2 aromatic heterocycles. The molecule has 4 rings (SSSR count). The summed E-state index contributed by atoms with van der Waals surface area (Å²) in [5.41, 5.74) is 1.80. The normalized spacial score (nSPS) is 10.7. The number of para-hydroxylation sites is 1. The third kappa shape index (κ3) is 4.46. The SMILES string of the molecule is Cc1ccccc1OCC(=O)Nc1ccc(OCc2cc(=O)n3[nH]cnc3n2)cc1. The lowest BCUT2D eigenvalue weighted by Crippen LogP contribution is -2.20. The molecule has 2 aromatic carbocycles. The maximum atomic E-state index is 12.1. The van der Waals surface area contributed by atoms with Crippen molar-refractivity contribution in [3.05, 3.63) is 82.5 Å². The van der Waals surface area contributed by atoms with Gasteiger partial charge < -0.3 is 14.8 Å². The van der Waals surface area contributed by atoms with Crippen LogP contribution >= 0.6 is 0 Å². The standard InChI is InChI=1S/C21H19N5O4/c1-14-4-2-3-5-18(14)30-12-19(27)24-15-6-8-17(9-7-15)29-11-16-10-20(28)26-21(25-16)22-13-23-26/h2-10,13H,11-12H2,1H3,(H,24,27)(H,22,23,25). The number of fused-ring (bicyclic) bond motifs is 1. The number of ether oxygens (including phenoxy) is 2. The van der Waals surface area contributed by atoms with Crippen LogP contribution in [0.5, 0.6) is 11.5 Å². The highest BCUT2D eigenvalue weighted by Gasteiger charge is 2.07. The second kappa shape index (κ2) is 8.48. The lowest BCUT2D eigenvalue weighted by molar-refractivity contribution is -0.118. The van der Waals surface area contributed by atoms with Gasteiger partial charge in [-0.1, -0.05) is 18.2 Å². The summed E-state index contributed by atoms with van der Waals surface area (Å²) in [7, 11) is 0. The number of amides is 1. The second-order valence-electron chi connectivity index (χ2n) is 6.52. The fourth-order valence-corrected chi connectivity index (χ4v) is 2.79. The number of aromatic nitrogens is 4. The lowest BCUT2D eigenvalue weighted by Gasteiger charge is -2.10. The Kier molecular flexibility index (Phi) is 5.42. The van der Waals surface area contributed by atoms with Crippen LogP contribution in [-0.4, -0.2) is 32.1 Å². The van der Waals surface area contributed by atoms with Crippen molar-refractivity contribution in [2.45, 2.75) is 13.5 Å².